The van der Waals surface area contributed by atoms with Gasteiger partial charge < -0.3 is 25.9 Å². The predicted molar refractivity (Wildman–Crippen MR) is 146 cm³/mol. The van der Waals surface area contributed by atoms with Gasteiger partial charge in [-0.1, -0.05) is 42.5 Å². The van der Waals surface area contributed by atoms with E-state index in [4.69, 9.17) is 21.0 Å². The van der Waals surface area contributed by atoms with Crippen LogP contribution in [0.1, 0.15) is 22.4 Å². The number of likely N-dealkylation sites (N-methyl/N-ethyl adjacent to an activating group) is 1. The summed E-state index contributed by atoms with van der Waals surface area (Å²) in [4.78, 5) is 21.5. The molecule has 190 valence electrons. The topological polar surface area (TPSA) is 148 Å². The van der Waals surface area contributed by atoms with Gasteiger partial charge in [-0.3, -0.25) is 4.99 Å². The van der Waals surface area contributed by atoms with E-state index in [0.29, 0.717) is 29.1 Å². The fourth-order valence-electron chi connectivity index (χ4n) is 3.98. The van der Waals surface area contributed by atoms with Gasteiger partial charge in [-0.2, -0.15) is 15.7 Å². The molecule has 10 nitrogen and oxygen atoms in total. The zero-order valence-electron chi connectivity index (χ0n) is 20.8. The molecular weight excluding hydrogens is 480 g/mol. The molecule has 0 atom stereocenters. The second-order valence-electron chi connectivity index (χ2n) is 8.70. The summed E-state index contributed by atoms with van der Waals surface area (Å²) in [5, 5.41) is 9.27. The number of nitrogens with zero attached hydrogens (tertiary/aromatic N) is 5. The second-order valence-corrected chi connectivity index (χ2v) is 8.70. The zero-order chi connectivity index (χ0) is 26.5. The fraction of sp³-hybridized carbons (Fsp3) is 0.143. The van der Waals surface area contributed by atoms with E-state index in [2.05, 4.69) is 31.4 Å². The van der Waals surface area contributed by atoms with Gasteiger partial charge in [0.1, 0.15) is 11.5 Å². The number of hydrogen-bond donors (Lipinski definition) is 3. The van der Waals surface area contributed by atoms with Crippen molar-refractivity contribution in [2.24, 2.45) is 4.99 Å². The van der Waals surface area contributed by atoms with Crippen LogP contribution >= 0.6 is 0 Å². The summed E-state index contributed by atoms with van der Waals surface area (Å²) in [5.41, 5.74) is 18.8. The van der Waals surface area contributed by atoms with Gasteiger partial charge in [-0.25, -0.2) is 4.98 Å². The molecule has 0 spiro atoms. The summed E-state index contributed by atoms with van der Waals surface area (Å²) in [6.45, 7) is 1.65. The molecule has 0 aliphatic carbocycles. The van der Waals surface area contributed by atoms with Crippen LogP contribution in [0.4, 0.5) is 17.3 Å². The van der Waals surface area contributed by atoms with Crippen molar-refractivity contribution >= 4 is 23.2 Å². The second kappa shape index (κ2) is 10.8. The maximum Gasteiger partial charge on any atom is 0.260 e. The molecule has 1 aliphatic heterocycles. The van der Waals surface area contributed by atoms with E-state index in [-0.39, 0.29) is 23.3 Å². The van der Waals surface area contributed by atoms with Crippen molar-refractivity contribution in [3.63, 3.8) is 0 Å². The van der Waals surface area contributed by atoms with Crippen molar-refractivity contribution < 1.29 is 9.57 Å². The predicted octanol–water partition coefficient (Wildman–Crippen LogP) is 3.99. The number of ether oxygens (including phenoxy) is 1. The molecule has 38 heavy (non-hydrogen) atoms. The first-order valence-electron chi connectivity index (χ1n) is 12.0. The van der Waals surface area contributed by atoms with Crippen LogP contribution in [0.2, 0.25) is 0 Å². The Kier molecular flexibility index (Phi) is 6.91. The largest absolute Gasteiger partial charge is 0.435 e. The zero-order valence-corrected chi connectivity index (χ0v) is 20.8. The standard InChI is InChI=1S/C28H26N8O2/c1-36-13-12-32-26(36)20-8-5-9-21(16-20)38-35-28-33-23(14-18-6-3-2-4-7-18)25(31)27(34-28)37-24-15-19(17-29)10-11-22(24)30/h2-11,15-16H,12-14,30-31H2,1H3,(H,33,34,35). The minimum atomic E-state index is 0.0921. The van der Waals surface area contributed by atoms with Crippen LogP contribution in [0, 0.1) is 11.3 Å². The molecule has 0 unspecified atom stereocenters. The Morgan fingerprint density at radius 2 is 1.87 bits per heavy atom. The number of anilines is 3. The molecule has 4 aromatic rings. The van der Waals surface area contributed by atoms with Crippen molar-refractivity contribution in [1.82, 2.24) is 14.9 Å². The molecule has 0 radical (unpaired) electrons. The molecule has 0 amide bonds. The molecule has 10 heteroatoms. The number of aliphatic imine (C=N–C) groups is 1. The van der Waals surface area contributed by atoms with Gasteiger partial charge in [-0.05, 0) is 29.8 Å². The van der Waals surface area contributed by atoms with Gasteiger partial charge in [-0.15, -0.1) is 0 Å². The Labute approximate surface area is 220 Å². The Hall–Kier alpha value is -5.30. The van der Waals surface area contributed by atoms with Crippen LogP contribution in [0.5, 0.6) is 17.4 Å². The van der Waals surface area contributed by atoms with Crippen molar-refractivity contribution in [3.8, 4) is 23.4 Å². The number of amidine groups is 1. The maximum absolute atomic E-state index is 9.27. The lowest BCUT2D eigenvalue weighted by Crippen LogP contribution is -2.23. The number of nitrogens with two attached hydrogens (primary N) is 2. The minimum absolute atomic E-state index is 0.0921. The van der Waals surface area contributed by atoms with Crippen LogP contribution in [0.3, 0.4) is 0 Å². The van der Waals surface area contributed by atoms with Crippen molar-refractivity contribution in [2.45, 2.75) is 6.42 Å². The highest BCUT2D eigenvalue weighted by molar-refractivity contribution is 5.99. The summed E-state index contributed by atoms with van der Waals surface area (Å²) in [5.74, 6) is 1.98. The molecule has 5 N–H and O–H groups in total. The Morgan fingerprint density at radius 3 is 2.63 bits per heavy atom. The first-order chi connectivity index (χ1) is 18.5. The molecule has 0 fully saturated rings. The van der Waals surface area contributed by atoms with Crippen molar-refractivity contribution in [2.75, 3.05) is 37.1 Å². The number of nitrogens with one attached hydrogen (secondary N) is 1. The van der Waals surface area contributed by atoms with E-state index in [1.807, 2.05) is 61.6 Å². The van der Waals surface area contributed by atoms with Crippen LogP contribution < -0.4 is 26.5 Å². The highest BCUT2D eigenvalue weighted by Crippen LogP contribution is 2.33. The summed E-state index contributed by atoms with van der Waals surface area (Å²) >= 11 is 0. The van der Waals surface area contributed by atoms with E-state index in [1.54, 1.807) is 12.1 Å². The van der Waals surface area contributed by atoms with Gasteiger partial charge in [0.2, 0.25) is 5.88 Å². The number of benzene rings is 3. The van der Waals surface area contributed by atoms with E-state index in [0.717, 1.165) is 30.1 Å². The summed E-state index contributed by atoms with van der Waals surface area (Å²) in [7, 11) is 2.01. The van der Waals surface area contributed by atoms with Gasteiger partial charge >= 0.3 is 0 Å². The summed E-state index contributed by atoms with van der Waals surface area (Å²) in [6, 6.07) is 24.2. The lowest BCUT2D eigenvalue weighted by Gasteiger charge is -2.16. The van der Waals surface area contributed by atoms with Gasteiger partial charge in [0.05, 0.1) is 29.6 Å². The van der Waals surface area contributed by atoms with E-state index >= 15 is 0 Å². The molecule has 0 bridgehead atoms. The van der Waals surface area contributed by atoms with E-state index in [9.17, 15) is 5.26 Å². The number of aromatic nitrogens is 2. The third-order valence-corrected chi connectivity index (χ3v) is 5.96. The lowest BCUT2D eigenvalue weighted by molar-refractivity contribution is 0.395. The number of hydrogen-bond acceptors (Lipinski definition) is 10. The molecule has 3 aromatic carbocycles. The summed E-state index contributed by atoms with van der Waals surface area (Å²) < 4.78 is 5.98. The van der Waals surface area contributed by atoms with E-state index in [1.165, 1.54) is 6.07 Å². The third-order valence-electron chi connectivity index (χ3n) is 5.96. The van der Waals surface area contributed by atoms with Crippen molar-refractivity contribution in [1.29, 1.82) is 5.26 Å². The Balaban J connectivity index is 1.44. The Morgan fingerprint density at radius 1 is 1.03 bits per heavy atom. The van der Waals surface area contributed by atoms with Crippen LogP contribution in [-0.2, 0) is 6.42 Å². The first-order valence-corrected chi connectivity index (χ1v) is 12.0. The lowest BCUT2D eigenvalue weighted by atomic mass is 10.1. The molecule has 0 saturated carbocycles. The summed E-state index contributed by atoms with van der Waals surface area (Å²) in [6.07, 6.45) is 0.440. The normalized spacial score (nSPS) is 12.5. The van der Waals surface area contributed by atoms with Gasteiger partial charge in [0, 0.05) is 31.6 Å². The monoisotopic (exact) mass is 506 g/mol. The van der Waals surface area contributed by atoms with Crippen LogP contribution in [0.25, 0.3) is 0 Å². The molecule has 1 aromatic heterocycles. The average Bonchev–Trinajstić information content (AvgIpc) is 3.37. The van der Waals surface area contributed by atoms with E-state index < -0.39 is 0 Å². The number of nitriles is 1. The SMILES string of the molecule is CN1CCN=C1c1cccc(ONc2nc(Cc3ccccc3)c(N)c(Oc3cc(C#N)ccc3N)n2)c1. The van der Waals surface area contributed by atoms with Crippen molar-refractivity contribution in [3.05, 3.63) is 95.2 Å². The molecule has 2 heterocycles. The third kappa shape index (κ3) is 5.42. The Bertz CT molecular complexity index is 1530. The molecule has 5 rings (SSSR count). The maximum atomic E-state index is 9.27. The highest BCUT2D eigenvalue weighted by atomic mass is 16.6. The van der Waals surface area contributed by atoms with Crippen LogP contribution in [0.15, 0.2) is 77.8 Å². The minimum Gasteiger partial charge on any atom is -0.435 e. The number of nitrogen functional groups attached to an aromatic ring is 2. The number of rotatable bonds is 8. The molecular formula is C28H26N8O2. The van der Waals surface area contributed by atoms with Crippen LogP contribution in [-0.4, -0.2) is 40.8 Å². The fourth-order valence-corrected chi connectivity index (χ4v) is 3.98. The molecule has 1 aliphatic rings. The quantitative estimate of drug-likeness (QED) is 0.238. The highest BCUT2D eigenvalue weighted by Gasteiger charge is 2.18. The molecule has 0 saturated heterocycles. The first kappa shape index (κ1) is 24.4. The van der Waals surface area contributed by atoms with Gasteiger partial charge in [0.15, 0.2) is 11.5 Å². The smallest absolute Gasteiger partial charge is 0.260 e. The van der Waals surface area contributed by atoms with Gasteiger partial charge in [0.25, 0.3) is 5.95 Å². The average molecular weight is 507 g/mol.